The van der Waals surface area contributed by atoms with Gasteiger partial charge in [0.15, 0.2) is 6.61 Å². The van der Waals surface area contributed by atoms with E-state index in [2.05, 4.69) is 0 Å². The van der Waals surface area contributed by atoms with Crippen LogP contribution in [-0.4, -0.2) is 59.7 Å². The third-order valence-corrected chi connectivity index (χ3v) is 5.93. The number of carbonyl (C=O) groups is 4. The third kappa shape index (κ3) is 4.45. The van der Waals surface area contributed by atoms with Crippen LogP contribution >= 0.6 is 0 Å². The monoisotopic (exact) mass is 422 g/mol. The van der Waals surface area contributed by atoms with Crippen molar-refractivity contribution in [1.29, 1.82) is 0 Å². The summed E-state index contributed by atoms with van der Waals surface area (Å²) < 4.78 is 5.13. The molecule has 2 heterocycles. The van der Waals surface area contributed by atoms with Crippen molar-refractivity contribution < 1.29 is 23.9 Å². The number of esters is 1. The summed E-state index contributed by atoms with van der Waals surface area (Å²) in [5, 5.41) is 1.54. The lowest BCUT2D eigenvalue weighted by Gasteiger charge is -2.27. The number of benzene rings is 2. The van der Waals surface area contributed by atoms with Crippen LogP contribution in [0.4, 0.5) is 0 Å². The molecule has 3 amide bonds. The van der Waals surface area contributed by atoms with Crippen molar-refractivity contribution in [3.05, 3.63) is 47.5 Å². The van der Waals surface area contributed by atoms with Gasteiger partial charge in [0.2, 0.25) is 0 Å². The number of hydrogen-bond donors (Lipinski definition) is 0. The molecule has 2 aliphatic rings. The molecule has 0 aromatic heterocycles. The van der Waals surface area contributed by atoms with Gasteiger partial charge < -0.3 is 9.64 Å². The molecule has 0 bridgehead atoms. The van der Waals surface area contributed by atoms with E-state index in [1.165, 1.54) is 4.90 Å². The minimum Gasteiger partial charge on any atom is -0.456 e. The average molecular weight is 422 g/mol. The van der Waals surface area contributed by atoms with Crippen molar-refractivity contribution in [2.75, 3.05) is 26.2 Å². The standard InChI is InChI=1S/C24H26N2O5/c27-20(25-13-3-1-2-4-14-25)16-31-21(28)12-7-15-26-23(29)18-10-5-8-17-9-6-11-19(22(17)18)24(26)30/h5-6,8-11H,1-4,7,12-16H2. The first-order chi connectivity index (χ1) is 15.1. The van der Waals surface area contributed by atoms with E-state index in [-0.39, 0.29) is 43.7 Å². The SMILES string of the molecule is O=C(CCCN1C(=O)c2cccc3cccc(c23)C1=O)OCC(=O)N1CCCCCC1. The Hall–Kier alpha value is -3.22. The largest absolute Gasteiger partial charge is 0.456 e. The fourth-order valence-corrected chi connectivity index (χ4v) is 4.29. The van der Waals surface area contributed by atoms with Crippen LogP contribution in [0.5, 0.6) is 0 Å². The summed E-state index contributed by atoms with van der Waals surface area (Å²) in [7, 11) is 0. The predicted octanol–water partition coefficient (Wildman–Crippen LogP) is 3.16. The first kappa shape index (κ1) is 21.0. The van der Waals surface area contributed by atoms with Gasteiger partial charge in [-0.15, -0.1) is 0 Å². The number of amides is 3. The fourth-order valence-electron chi connectivity index (χ4n) is 4.29. The molecule has 4 rings (SSSR count). The fraction of sp³-hybridized carbons (Fsp3) is 0.417. The molecular weight excluding hydrogens is 396 g/mol. The molecule has 0 aliphatic carbocycles. The van der Waals surface area contributed by atoms with Gasteiger partial charge in [-0.3, -0.25) is 24.1 Å². The van der Waals surface area contributed by atoms with E-state index < -0.39 is 5.97 Å². The smallest absolute Gasteiger partial charge is 0.306 e. The Bertz CT molecular complexity index is 973. The van der Waals surface area contributed by atoms with Gasteiger partial charge in [-0.25, -0.2) is 0 Å². The summed E-state index contributed by atoms with van der Waals surface area (Å²) in [6.07, 6.45) is 4.53. The number of carbonyl (C=O) groups excluding carboxylic acids is 4. The second-order valence-electron chi connectivity index (χ2n) is 8.03. The Balaban J connectivity index is 1.29. The lowest BCUT2D eigenvalue weighted by molar-refractivity contribution is -0.152. The number of rotatable bonds is 6. The Morgan fingerprint density at radius 2 is 1.48 bits per heavy atom. The van der Waals surface area contributed by atoms with Crippen LogP contribution < -0.4 is 0 Å². The molecule has 2 aromatic rings. The lowest BCUT2D eigenvalue weighted by Crippen LogP contribution is -2.41. The van der Waals surface area contributed by atoms with Crippen LogP contribution in [0, 0.1) is 0 Å². The Morgan fingerprint density at radius 1 is 0.871 bits per heavy atom. The van der Waals surface area contributed by atoms with Gasteiger partial charge in [0.05, 0.1) is 0 Å². The molecule has 7 nitrogen and oxygen atoms in total. The van der Waals surface area contributed by atoms with Crippen LogP contribution in [-0.2, 0) is 14.3 Å². The highest BCUT2D eigenvalue weighted by molar-refractivity contribution is 6.25. The van der Waals surface area contributed by atoms with E-state index in [4.69, 9.17) is 4.74 Å². The molecule has 0 N–H and O–H groups in total. The molecular formula is C24H26N2O5. The summed E-state index contributed by atoms with van der Waals surface area (Å²) >= 11 is 0. The maximum Gasteiger partial charge on any atom is 0.306 e. The van der Waals surface area contributed by atoms with Crippen LogP contribution in [0.3, 0.4) is 0 Å². The van der Waals surface area contributed by atoms with Gasteiger partial charge in [-0.2, -0.15) is 0 Å². The predicted molar refractivity (Wildman–Crippen MR) is 115 cm³/mol. The van der Waals surface area contributed by atoms with E-state index in [1.54, 1.807) is 29.2 Å². The van der Waals surface area contributed by atoms with Crippen molar-refractivity contribution in [2.24, 2.45) is 0 Å². The molecule has 1 fully saturated rings. The zero-order valence-electron chi connectivity index (χ0n) is 17.5. The van der Waals surface area contributed by atoms with Crippen molar-refractivity contribution in [2.45, 2.75) is 38.5 Å². The van der Waals surface area contributed by atoms with Crippen LogP contribution in [0.15, 0.2) is 36.4 Å². The van der Waals surface area contributed by atoms with Gasteiger partial charge >= 0.3 is 5.97 Å². The zero-order chi connectivity index (χ0) is 21.8. The molecule has 0 spiro atoms. The quantitative estimate of drug-likeness (QED) is 0.527. The molecule has 0 unspecified atom stereocenters. The first-order valence-corrected chi connectivity index (χ1v) is 10.9. The number of likely N-dealkylation sites (tertiary alicyclic amines) is 1. The number of ether oxygens (including phenoxy) is 1. The van der Waals surface area contributed by atoms with Crippen molar-refractivity contribution in [3.63, 3.8) is 0 Å². The summed E-state index contributed by atoms with van der Waals surface area (Å²) in [6.45, 7) is 1.29. The Morgan fingerprint density at radius 3 is 2.10 bits per heavy atom. The Labute approximate surface area is 180 Å². The molecule has 2 aliphatic heterocycles. The summed E-state index contributed by atoms with van der Waals surface area (Å²) in [5.41, 5.74) is 0.997. The van der Waals surface area contributed by atoms with E-state index >= 15 is 0 Å². The number of imide groups is 1. The molecule has 0 radical (unpaired) electrons. The molecule has 31 heavy (non-hydrogen) atoms. The summed E-state index contributed by atoms with van der Waals surface area (Å²) in [4.78, 5) is 52.9. The van der Waals surface area contributed by atoms with Gasteiger partial charge in [-0.1, -0.05) is 37.1 Å². The van der Waals surface area contributed by atoms with Crippen LogP contribution in [0.1, 0.15) is 59.2 Å². The van der Waals surface area contributed by atoms with Crippen LogP contribution in [0.2, 0.25) is 0 Å². The second-order valence-corrected chi connectivity index (χ2v) is 8.03. The van der Waals surface area contributed by atoms with Crippen LogP contribution in [0.25, 0.3) is 10.8 Å². The minimum atomic E-state index is -0.498. The van der Waals surface area contributed by atoms with E-state index in [0.29, 0.717) is 29.6 Å². The van der Waals surface area contributed by atoms with Crippen molar-refractivity contribution in [3.8, 4) is 0 Å². The highest BCUT2D eigenvalue weighted by Gasteiger charge is 2.32. The molecule has 2 aromatic carbocycles. The Kier molecular flexibility index (Phi) is 6.30. The molecule has 0 saturated carbocycles. The molecule has 0 atom stereocenters. The molecule has 1 saturated heterocycles. The zero-order valence-corrected chi connectivity index (χ0v) is 17.5. The van der Waals surface area contributed by atoms with Gasteiger partial charge in [-0.05, 0) is 36.8 Å². The van der Waals surface area contributed by atoms with Gasteiger partial charge in [0.1, 0.15) is 0 Å². The van der Waals surface area contributed by atoms with Crippen molar-refractivity contribution >= 4 is 34.5 Å². The maximum absolute atomic E-state index is 12.8. The third-order valence-electron chi connectivity index (χ3n) is 5.93. The normalized spacial score (nSPS) is 16.4. The van der Waals surface area contributed by atoms with Gasteiger partial charge in [0.25, 0.3) is 17.7 Å². The van der Waals surface area contributed by atoms with Crippen molar-refractivity contribution in [1.82, 2.24) is 9.80 Å². The average Bonchev–Trinajstić information content (AvgIpc) is 3.07. The maximum atomic E-state index is 12.8. The molecule has 162 valence electrons. The minimum absolute atomic E-state index is 0.0379. The molecule has 7 heteroatoms. The lowest BCUT2D eigenvalue weighted by atomic mass is 9.94. The van der Waals surface area contributed by atoms with E-state index in [1.807, 2.05) is 12.1 Å². The number of hydrogen-bond acceptors (Lipinski definition) is 5. The number of nitrogens with zero attached hydrogens (tertiary/aromatic N) is 2. The van der Waals surface area contributed by atoms with E-state index in [0.717, 1.165) is 31.1 Å². The topological polar surface area (TPSA) is 84.0 Å². The van der Waals surface area contributed by atoms with Gasteiger partial charge in [0, 0.05) is 42.6 Å². The van der Waals surface area contributed by atoms with E-state index in [9.17, 15) is 19.2 Å². The summed E-state index contributed by atoms with van der Waals surface area (Å²) in [6, 6.07) is 10.8. The highest BCUT2D eigenvalue weighted by atomic mass is 16.5. The highest BCUT2D eigenvalue weighted by Crippen LogP contribution is 2.30. The first-order valence-electron chi connectivity index (χ1n) is 10.9. The second kappa shape index (κ2) is 9.29. The summed E-state index contributed by atoms with van der Waals surface area (Å²) in [5.74, 6) is -1.36.